The van der Waals surface area contributed by atoms with Gasteiger partial charge in [-0.2, -0.15) is 0 Å². The van der Waals surface area contributed by atoms with Gasteiger partial charge in [0.25, 0.3) is 0 Å². The fraction of sp³-hybridized carbons (Fsp3) is 0.625. The maximum atomic E-state index is 11.4. The van der Waals surface area contributed by atoms with Crippen molar-refractivity contribution in [1.29, 1.82) is 0 Å². The number of piperidine rings is 1. The molecule has 0 saturated carbocycles. The number of aromatic nitrogens is 1. The molecule has 0 atom stereocenters. The van der Waals surface area contributed by atoms with Gasteiger partial charge in [0.1, 0.15) is 0 Å². The first kappa shape index (κ1) is 18.9. The number of carbonyl (C=O) groups is 1. The molecule has 0 unspecified atom stereocenters. The molecule has 1 aromatic rings. The maximum absolute atomic E-state index is 11.4. The van der Waals surface area contributed by atoms with Crippen molar-refractivity contribution >= 4 is 18.4 Å². The molecule has 0 amide bonds. The summed E-state index contributed by atoms with van der Waals surface area (Å²) in [4.78, 5) is 18.2. The van der Waals surface area contributed by atoms with Crippen molar-refractivity contribution < 1.29 is 9.53 Å². The number of nitrogens with zero attached hydrogens (tertiary/aromatic N) is 2. The number of halogens is 1. The molecule has 2 heterocycles. The second-order valence-corrected chi connectivity index (χ2v) is 5.64. The molecule has 1 N–H and O–H groups in total. The normalized spacial score (nSPS) is 16.1. The molecule has 1 aromatic heterocycles. The van der Waals surface area contributed by atoms with Crippen LogP contribution in [0, 0.1) is 5.92 Å². The van der Waals surface area contributed by atoms with E-state index in [1.165, 1.54) is 26.4 Å². The molecule has 1 aliphatic heterocycles. The summed E-state index contributed by atoms with van der Waals surface area (Å²) in [5.74, 6) is 0.516. The zero-order valence-electron chi connectivity index (χ0n) is 13.4. The summed E-state index contributed by atoms with van der Waals surface area (Å²) in [5, 5.41) is 3.22. The van der Waals surface area contributed by atoms with Crippen molar-refractivity contribution in [2.24, 2.45) is 5.92 Å². The zero-order chi connectivity index (χ0) is 15.1. The van der Waals surface area contributed by atoms with Gasteiger partial charge >= 0.3 is 5.97 Å². The van der Waals surface area contributed by atoms with Crippen LogP contribution in [-0.2, 0) is 11.3 Å². The minimum Gasteiger partial charge on any atom is -0.465 e. The van der Waals surface area contributed by atoms with E-state index in [4.69, 9.17) is 0 Å². The smallest absolute Gasteiger partial charge is 0.339 e. The van der Waals surface area contributed by atoms with E-state index in [0.717, 1.165) is 37.8 Å². The third-order valence-corrected chi connectivity index (χ3v) is 4.14. The number of ether oxygens (including phenoxy) is 1. The van der Waals surface area contributed by atoms with Gasteiger partial charge in [0.2, 0.25) is 0 Å². The molecule has 1 fully saturated rings. The van der Waals surface area contributed by atoms with Gasteiger partial charge in [-0.3, -0.25) is 9.88 Å². The molecule has 1 saturated heterocycles. The molecule has 22 heavy (non-hydrogen) atoms. The highest BCUT2D eigenvalue weighted by atomic mass is 35.5. The monoisotopic (exact) mass is 327 g/mol. The average Bonchev–Trinajstić information content (AvgIpc) is 2.54. The van der Waals surface area contributed by atoms with Crippen molar-refractivity contribution in [1.82, 2.24) is 15.2 Å². The number of likely N-dealkylation sites (tertiary alicyclic amines) is 1. The van der Waals surface area contributed by atoms with Gasteiger partial charge in [-0.15, -0.1) is 12.4 Å². The van der Waals surface area contributed by atoms with Crippen LogP contribution in [0.2, 0.25) is 0 Å². The topological polar surface area (TPSA) is 54.5 Å². The van der Waals surface area contributed by atoms with Crippen molar-refractivity contribution in [3.8, 4) is 0 Å². The van der Waals surface area contributed by atoms with E-state index < -0.39 is 0 Å². The Balaban J connectivity index is 0.00000242. The first-order valence-electron chi connectivity index (χ1n) is 7.63. The number of nitrogens with one attached hydrogen (secondary N) is 1. The minimum absolute atomic E-state index is 0. The molecular formula is C16H26ClN3O2. The van der Waals surface area contributed by atoms with Crippen LogP contribution in [0.1, 0.15) is 35.3 Å². The van der Waals surface area contributed by atoms with Crippen LogP contribution in [-0.4, -0.2) is 49.6 Å². The van der Waals surface area contributed by atoms with E-state index in [0.29, 0.717) is 5.56 Å². The lowest BCUT2D eigenvalue weighted by atomic mass is 9.93. The van der Waals surface area contributed by atoms with E-state index in [9.17, 15) is 4.79 Å². The van der Waals surface area contributed by atoms with Crippen LogP contribution in [0.25, 0.3) is 0 Å². The quantitative estimate of drug-likeness (QED) is 0.811. The molecule has 6 heteroatoms. The number of hydrogen-bond acceptors (Lipinski definition) is 5. The van der Waals surface area contributed by atoms with Crippen LogP contribution >= 0.6 is 12.4 Å². The molecule has 0 spiro atoms. The van der Waals surface area contributed by atoms with Crippen LogP contribution in [0.4, 0.5) is 0 Å². The third-order valence-electron chi connectivity index (χ3n) is 4.14. The van der Waals surface area contributed by atoms with E-state index in [-0.39, 0.29) is 18.4 Å². The SMILES string of the molecule is CNCCC1CCN(Cc2ccc(C(=O)OC)cn2)CC1.Cl. The Hall–Kier alpha value is -1.17. The molecule has 124 valence electrons. The fourth-order valence-corrected chi connectivity index (χ4v) is 2.77. The molecular weight excluding hydrogens is 302 g/mol. The summed E-state index contributed by atoms with van der Waals surface area (Å²) in [5.41, 5.74) is 1.52. The Kier molecular flexibility index (Phi) is 8.38. The van der Waals surface area contributed by atoms with Gasteiger partial charge in [-0.25, -0.2) is 4.79 Å². The number of carbonyl (C=O) groups excluding carboxylic acids is 1. The van der Waals surface area contributed by atoms with Crippen molar-refractivity contribution in [2.45, 2.75) is 25.8 Å². The maximum Gasteiger partial charge on any atom is 0.339 e. The number of rotatable bonds is 6. The van der Waals surface area contributed by atoms with Crippen molar-refractivity contribution in [2.75, 3.05) is 33.8 Å². The van der Waals surface area contributed by atoms with E-state index in [1.807, 2.05) is 13.1 Å². The predicted octanol–water partition coefficient (Wildman–Crippen LogP) is 2.11. The third kappa shape index (κ3) is 5.55. The number of pyridine rings is 1. The second kappa shape index (κ2) is 9.77. The lowest BCUT2D eigenvalue weighted by molar-refractivity contribution is 0.0600. The van der Waals surface area contributed by atoms with Gasteiger partial charge in [-0.1, -0.05) is 0 Å². The first-order chi connectivity index (χ1) is 10.2. The summed E-state index contributed by atoms with van der Waals surface area (Å²) < 4.78 is 4.68. The summed E-state index contributed by atoms with van der Waals surface area (Å²) in [6.07, 6.45) is 5.40. The van der Waals surface area contributed by atoms with E-state index in [2.05, 4.69) is 19.9 Å². The summed E-state index contributed by atoms with van der Waals surface area (Å²) in [6.45, 7) is 4.24. The second-order valence-electron chi connectivity index (χ2n) is 5.64. The van der Waals surface area contributed by atoms with Crippen molar-refractivity contribution in [3.63, 3.8) is 0 Å². The summed E-state index contributed by atoms with van der Waals surface area (Å²) >= 11 is 0. The van der Waals surface area contributed by atoms with Gasteiger partial charge in [0.15, 0.2) is 0 Å². The lowest BCUT2D eigenvalue weighted by Gasteiger charge is -2.31. The van der Waals surface area contributed by atoms with Gasteiger partial charge < -0.3 is 10.1 Å². The lowest BCUT2D eigenvalue weighted by Crippen LogP contribution is -2.34. The average molecular weight is 328 g/mol. The number of esters is 1. The highest BCUT2D eigenvalue weighted by molar-refractivity contribution is 5.88. The Morgan fingerprint density at radius 3 is 2.68 bits per heavy atom. The van der Waals surface area contributed by atoms with Crippen LogP contribution < -0.4 is 5.32 Å². The Morgan fingerprint density at radius 1 is 1.41 bits per heavy atom. The fourth-order valence-electron chi connectivity index (χ4n) is 2.77. The van der Waals surface area contributed by atoms with E-state index in [1.54, 1.807) is 12.3 Å². The largest absolute Gasteiger partial charge is 0.465 e. The predicted molar refractivity (Wildman–Crippen MR) is 89.4 cm³/mol. The van der Waals surface area contributed by atoms with Gasteiger partial charge in [-0.05, 0) is 64.0 Å². The zero-order valence-corrected chi connectivity index (χ0v) is 14.2. The van der Waals surface area contributed by atoms with Crippen LogP contribution in [0.15, 0.2) is 18.3 Å². The molecule has 2 rings (SSSR count). The van der Waals surface area contributed by atoms with Gasteiger partial charge in [0, 0.05) is 12.7 Å². The number of methoxy groups -OCH3 is 1. The highest BCUT2D eigenvalue weighted by Gasteiger charge is 2.19. The van der Waals surface area contributed by atoms with Crippen LogP contribution in [0.5, 0.6) is 0 Å². The molecule has 0 aliphatic carbocycles. The molecule has 1 aliphatic rings. The first-order valence-corrected chi connectivity index (χ1v) is 7.63. The summed E-state index contributed by atoms with van der Waals surface area (Å²) in [7, 11) is 3.40. The molecule has 0 aromatic carbocycles. The molecule has 0 bridgehead atoms. The van der Waals surface area contributed by atoms with Crippen LogP contribution in [0.3, 0.4) is 0 Å². The Bertz CT molecular complexity index is 445. The summed E-state index contributed by atoms with van der Waals surface area (Å²) in [6, 6.07) is 3.70. The molecule has 0 radical (unpaired) electrons. The number of hydrogen-bond donors (Lipinski definition) is 1. The standard InChI is InChI=1S/C16H25N3O2.ClH/c1-17-8-5-13-6-9-19(10-7-13)12-15-4-3-14(11-18-15)16(20)21-2;/h3-4,11,13,17H,5-10,12H2,1-2H3;1H. The minimum atomic E-state index is -0.334. The van der Waals surface area contributed by atoms with Gasteiger partial charge in [0.05, 0.1) is 18.4 Å². The van der Waals surface area contributed by atoms with E-state index >= 15 is 0 Å². The molecule has 5 nitrogen and oxygen atoms in total. The Labute approximate surface area is 138 Å². The Morgan fingerprint density at radius 2 is 2.14 bits per heavy atom. The highest BCUT2D eigenvalue weighted by Crippen LogP contribution is 2.21. The van der Waals surface area contributed by atoms with Crippen molar-refractivity contribution in [3.05, 3.63) is 29.6 Å².